The van der Waals surface area contributed by atoms with Crippen molar-refractivity contribution in [3.63, 3.8) is 0 Å². The summed E-state index contributed by atoms with van der Waals surface area (Å²) in [5.41, 5.74) is 1.31. The van der Waals surface area contributed by atoms with Gasteiger partial charge in [0, 0.05) is 44.7 Å². The minimum Gasteiger partial charge on any atom is -0.379 e. The van der Waals surface area contributed by atoms with E-state index < -0.39 is 0 Å². The molecule has 1 spiro atoms. The van der Waals surface area contributed by atoms with Crippen molar-refractivity contribution >= 4 is 11.6 Å². The first kappa shape index (κ1) is 14.3. The molecule has 21 heavy (non-hydrogen) atoms. The number of aromatic nitrogens is 1. The third-order valence-corrected chi connectivity index (χ3v) is 4.72. The summed E-state index contributed by atoms with van der Waals surface area (Å²) in [5.74, 6) is 0.162. The van der Waals surface area contributed by atoms with Crippen LogP contribution in [0.2, 0.25) is 0 Å². The molecule has 0 aromatic carbocycles. The van der Waals surface area contributed by atoms with Gasteiger partial charge in [0.25, 0.3) is 0 Å². The van der Waals surface area contributed by atoms with Crippen molar-refractivity contribution in [1.29, 1.82) is 0 Å². The van der Waals surface area contributed by atoms with Crippen molar-refractivity contribution < 1.29 is 9.53 Å². The second-order valence-electron chi connectivity index (χ2n) is 6.19. The Morgan fingerprint density at radius 2 is 2.14 bits per heavy atom. The number of pyridine rings is 1. The lowest BCUT2D eigenvalue weighted by atomic mass is 9.78. The molecule has 2 aliphatic rings. The topological polar surface area (TPSA) is 45.7 Å². The minimum atomic E-state index is 0.126. The van der Waals surface area contributed by atoms with Crippen LogP contribution in [0.5, 0.6) is 0 Å². The number of piperidine rings is 1. The van der Waals surface area contributed by atoms with Crippen LogP contribution in [0.25, 0.3) is 0 Å². The van der Waals surface area contributed by atoms with E-state index in [1.165, 1.54) is 5.69 Å². The number of rotatable bonds is 1. The average molecular weight is 289 g/mol. The van der Waals surface area contributed by atoms with Gasteiger partial charge in [-0.2, -0.15) is 0 Å². The minimum absolute atomic E-state index is 0.126. The van der Waals surface area contributed by atoms with Crippen molar-refractivity contribution in [1.82, 2.24) is 9.88 Å². The molecule has 114 valence electrons. The molecule has 1 aromatic heterocycles. The zero-order chi connectivity index (χ0) is 14.7. The van der Waals surface area contributed by atoms with E-state index >= 15 is 0 Å². The van der Waals surface area contributed by atoms with Crippen LogP contribution in [-0.4, -0.2) is 55.2 Å². The summed E-state index contributed by atoms with van der Waals surface area (Å²) in [6.07, 6.45) is 5.85. The Morgan fingerprint density at radius 1 is 1.33 bits per heavy atom. The summed E-state index contributed by atoms with van der Waals surface area (Å²) < 4.78 is 5.78. The maximum Gasteiger partial charge on any atom is 0.219 e. The van der Waals surface area contributed by atoms with E-state index in [4.69, 9.17) is 4.74 Å². The van der Waals surface area contributed by atoms with E-state index in [2.05, 4.69) is 16.0 Å². The monoisotopic (exact) mass is 289 g/mol. The zero-order valence-electron chi connectivity index (χ0n) is 12.6. The number of ether oxygens (including phenoxy) is 1. The fraction of sp³-hybridized carbons (Fsp3) is 0.625. The first-order valence-corrected chi connectivity index (χ1v) is 7.67. The highest BCUT2D eigenvalue weighted by molar-refractivity contribution is 5.73. The largest absolute Gasteiger partial charge is 0.379 e. The second kappa shape index (κ2) is 6.02. The second-order valence-corrected chi connectivity index (χ2v) is 6.19. The molecule has 0 atom stereocenters. The maximum absolute atomic E-state index is 11.7. The fourth-order valence-electron chi connectivity index (χ4n) is 3.34. The Hall–Kier alpha value is -1.62. The normalized spacial score (nSPS) is 22.1. The number of carbonyl (C=O) groups excluding carboxylic acids is 1. The highest BCUT2D eigenvalue weighted by atomic mass is 16.5. The van der Waals surface area contributed by atoms with Crippen molar-refractivity contribution in [2.24, 2.45) is 5.41 Å². The smallest absolute Gasteiger partial charge is 0.219 e. The standard InChI is InChI=1S/C16H23N3O2/c1-14(20)19-9-10-21-13-16(12-19)4-7-18(8-5-16)15-3-2-6-17-11-15/h2-3,6,11H,4-5,7-10,12-13H2,1H3. The zero-order valence-corrected chi connectivity index (χ0v) is 12.6. The number of hydrogen-bond donors (Lipinski definition) is 0. The van der Waals surface area contributed by atoms with Crippen molar-refractivity contribution in [2.75, 3.05) is 44.3 Å². The Balaban J connectivity index is 1.67. The van der Waals surface area contributed by atoms with Gasteiger partial charge in [-0.1, -0.05) is 0 Å². The van der Waals surface area contributed by atoms with Gasteiger partial charge in [-0.3, -0.25) is 9.78 Å². The third-order valence-electron chi connectivity index (χ3n) is 4.72. The summed E-state index contributed by atoms with van der Waals surface area (Å²) in [6, 6.07) is 4.09. The molecule has 0 N–H and O–H groups in total. The third kappa shape index (κ3) is 3.18. The van der Waals surface area contributed by atoms with Gasteiger partial charge in [0.15, 0.2) is 0 Å². The first-order chi connectivity index (χ1) is 10.2. The molecule has 0 saturated carbocycles. The molecule has 0 aliphatic carbocycles. The van der Waals surface area contributed by atoms with Crippen LogP contribution in [0, 0.1) is 5.41 Å². The lowest BCUT2D eigenvalue weighted by molar-refractivity contribution is -0.130. The van der Waals surface area contributed by atoms with Crippen LogP contribution in [0.15, 0.2) is 24.5 Å². The van der Waals surface area contributed by atoms with Crippen LogP contribution in [-0.2, 0) is 9.53 Å². The molecule has 0 bridgehead atoms. The van der Waals surface area contributed by atoms with E-state index in [-0.39, 0.29) is 11.3 Å². The fourth-order valence-corrected chi connectivity index (χ4v) is 3.34. The molecule has 2 aliphatic heterocycles. The molecule has 0 radical (unpaired) electrons. The predicted octanol–water partition coefficient (Wildman–Crippen LogP) is 1.55. The Morgan fingerprint density at radius 3 is 2.81 bits per heavy atom. The van der Waals surface area contributed by atoms with E-state index in [9.17, 15) is 4.79 Å². The Kier molecular flexibility index (Phi) is 4.10. The number of amides is 1. The maximum atomic E-state index is 11.7. The van der Waals surface area contributed by atoms with E-state index in [1.54, 1.807) is 13.1 Å². The molecule has 2 fully saturated rings. The molecular formula is C16H23N3O2. The van der Waals surface area contributed by atoms with Gasteiger partial charge in [-0.15, -0.1) is 0 Å². The summed E-state index contributed by atoms with van der Waals surface area (Å²) >= 11 is 0. The van der Waals surface area contributed by atoms with Gasteiger partial charge in [0.2, 0.25) is 5.91 Å². The van der Waals surface area contributed by atoms with Gasteiger partial charge in [0.05, 0.1) is 25.1 Å². The van der Waals surface area contributed by atoms with Crippen LogP contribution in [0.1, 0.15) is 19.8 Å². The summed E-state index contributed by atoms with van der Waals surface area (Å²) in [6.45, 7) is 6.66. The van der Waals surface area contributed by atoms with E-state index in [0.29, 0.717) is 6.61 Å². The molecule has 2 saturated heterocycles. The van der Waals surface area contributed by atoms with Crippen LogP contribution in [0.4, 0.5) is 5.69 Å². The summed E-state index contributed by atoms with van der Waals surface area (Å²) in [5, 5.41) is 0. The molecule has 1 aromatic rings. The summed E-state index contributed by atoms with van der Waals surface area (Å²) in [4.78, 5) is 20.2. The lowest BCUT2D eigenvalue weighted by Crippen LogP contribution is -2.48. The quantitative estimate of drug-likeness (QED) is 0.787. The van der Waals surface area contributed by atoms with E-state index in [1.807, 2.05) is 17.2 Å². The highest BCUT2D eigenvalue weighted by Crippen LogP contribution is 2.35. The molecule has 5 nitrogen and oxygen atoms in total. The van der Waals surface area contributed by atoms with Crippen molar-refractivity contribution in [2.45, 2.75) is 19.8 Å². The van der Waals surface area contributed by atoms with Crippen molar-refractivity contribution in [3.05, 3.63) is 24.5 Å². The molecular weight excluding hydrogens is 266 g/mol. The number of anilines is 1. The van der Waals surface area contributed by atoms with Gasteiger partial charge in [0.1, 0.15) is 0 Å². The van der Waals surface area contributed by atoms with Crippen molar-refractivity contribution in [3.8, 4) is 0 Å². The van der Waals surface area contributed by atoms with Gasteiger partial charge >= 0.3 is 0 Å². The first-order valence-electron chi connectivity index (χ1n) is 7.67. The van der Waals surface area contributed by atoms with Gasteiger partial charge < -0.3 is 14.5 Å². The number of hydrogen-bond acceptors (Lipinski definition) is 4. The lowest BCUT2D eigenvalue weighted by Gasteiger charge is -2.43. The Labute approximate surface area is 125 Å². The van der Waals surface area contributed by atoms with Crippen LogP contribution < -0.4 is 4.90 Å². The SMILES string of the molecule is CC(=O)N1CCOCC2(CCN(c3cccnc3)CC2)C1. The average Bonchev–Trinajstić information content (AvgIpc) is 2.72. The Bertz CT molecular complexity index is 484. The summed E-state index contributed by atoms with van der Waals surface area (Å²) in [7, 11) is 0. The van der Waals surface area contributed by atoms with E-state index in [0.717, 1.165) is 45.6 Å². The molecule has 3 rings (SSSR count). The number of carbonyl (C=O) groups is 1. The number of nitrogens with zero attached hydrogens (tertiary/aromatic N) is 3. The van der Waals surface area contributed by atoms with Gasteiger partial charge in [-0.05, 0) is 25.0 Å². The predicted molar refractivity (Wildman–Crippen MR) is 81.2 cm³/mol. The molecule has 1 amide bonds. The molecule has 5 heteroatoms. The van der Waals surface area contributed by atoms with Crippen LogP contribution in [0.3, 0.4) is 0 Å². The van der Waals surface area contributed by atoms with Gasteiger partial charge in [-0.25, -0.2) is 0 Å². The molecule has 3 heterocycles. The highest BCUT2D eigenvalue weighted by Gasteiger charge is 2.38. The molecule has 0 unspecified atom stereocenters. The van der Waals surface area contributed by atoms with Crippen LogP contribution >= 0.6 is 0 Å².